The summed E-state index contributed by atoms with van der Waals surface area (Å²) in [5.74, 6) is 6.62. The van der Waals surface area contributed by atoms with Crippen LogP contribution in [0.5, 0.6) is 11.5 Å². The van der Waals surface area contributed by atoms with E-state index in [2.05, 4.69) is 10.0 Å². The Morgan fingerprint density at radius 2 is 2.05 bits per heavy atom. The Hall–Kier alpha value is -1.75. The third kappa shape index (κ3) is 4.13. The van der Waals surface area contributed by atoms with Gasteiger partial charge in [-0.2, -0.15) is 5.10 Å². The van der Waals surface area contributed by atoms with Crippen LogP contribution in [0.4, 0.5) is 0 Å². The van der Waals surface area contributed by atoms with Crippen molar-refractivity contribution in [2.24, 2.45) is 10.9 Å². The van der Waals surface area contributed by atoms with Gasteiger partial charge >= 0.3 is 0 Å². The highest BCUT2D eigenvalue weighted by molar-refractivity contribution is 5.80. The molecule has 0 saturated carbocycles. The number of benzene rings is 1. The van der Waals surface area contributed by atoms with Crippen molar-refractivity contribution in [2.45, 2.75) is 19.3 Å². The van der Waals surface area contributed by atoms with Crippen LogP contribution >= 0.6 is 0 Å². The van der Waals surface area contributed by atoms with Crippen LogP contribution in [0.3, 0.4) is 0 Å². The Balaban J connectivity index is 1.88. The van der Waals surface area contributed by atoms with Gasteiger partial charge in [-0.15, -0.1) is 0 Å². The molecule has 0 atom stereocenters. The number of methoxy groups -OCH3 is 1. The van der Waals surface area contributed by atoms with E-state index in [-0.39, 0.29) is 0 Å². The molecule has 0 spiro atoms. The standard InChI is InChI=1S/C15H23N3O2/c1-19-15-11-13(12-17-16)5-6-14(15)20-10-9-18-7-3-2-4-8-18/h5-6,11-12H,2-4,7-10,16H2,1H3. The van der Waals surface area contributed by atoms with Crippen LogP contribution in [0.1, 0.15) is 24.8 Å². The first-order valence-corrected chi connectivity index (χ1v) is 7.10. The Kier molecular flexibility index (Phi) is 5.68. The van der Waals surface area contributed by atoms with Gasteiger partial charge in [-0.05, 0) is 49.7 Å². The van der Waals surface area contributed by atoms with Gasteiger partial charge in [0.2, 0.25) is 0 Å². The molecule has 2 N–H and O–H groups in total. The molecule has 1 aromatic rings. The van der Waals surface area contributed by atoms with Crippen LogP contribution in [-0.2, 0) is 0 Å². The van der Waals surface area contributed by atoms with E-state index in [4.69, 9.17) is 15.3 Å². The van der Waals surface area contributed by atoms with E-state index in [1.807, 2.05) is 18.2 Å². The van der Waals surface area contributed by atoms with Crippen LogP contribution in [0.25, 0.3) is 0 Å². The van der Waals surface area contributed by atoms with Gasteiger partial charge in [-0.3, -0.25) is 4.90 Å². The minimum atomic E-state index is 0.681. The molecule has 0 aliphatic carbocycles. The van der Waals surface area contributed by atoms with Crippen LogP contribution < -0.4 is 15.3 Å². The van der Waals surface area contributed by atoms with Crippen molar-refractivity contribution in [2.75, 3.05) is 33.4 Å². The lowest BCUT2D eigenvalue weighted by molar-refractivity contribution is 0.180. The Bertz CT molecular complexity index is 443. The first-order valence-electron chi connectivity index (χ1n) is 7.10. The normalized spacial score (nSPS) is 16.4. The zero-order valence-electron chi connectivity index (χ0n) is 12.0. The molecule has 1 saturated heterocycles. The maximum atomic E-state index is 5.82. The molecule has 1 heterocycles. The van der Waals surface area contributed by atoms with Crippen LogP contribution in [0, 0.1) is 0 Å². The molecular weight excluding hydrogens is 254 g/mol. The predicted molar refractivity (Wildman–Crippen MR) is 80.6 cm³/mol. The van der Waals surface area contributed by atoms with Crippen molar-refractivity contribution in [3.63, 3.8) is 0 Å². The van der Waals surface area contributed by atoms with Crippen molar-refractivity contribution in [1.29, 1.82) is 0 Å². The third-order valence-electron chi connectivity index (χ3n) is 3.53. The van der Waals surface area contributed by atoms with Gasteiger partial charge in [0.05, 0.1) is 13.3 Å². The summed E-state index contributed by atoms with van der Waals surface area (Å²) in [6, 6.07) is 5.67. The summed E-state index contributed by atoms with van der Waals surface area (Å²) in [4.78, 5) is 2.45. The summed E-state index contributed by atoms with van der Waals surface area (Å²) in [5, 5.41) is 3.51. The smallest absolute Gasteiger partial charge is 0.161 e. The molecule has 2 rings (SSSR count). The number of likely N-dealkylation sites (tertiary alicyclic amines) is 1. The lowest BCUT2D eigenvalue weighted by Crippen LogP contribution is -2.33. The number of nitrogens with zero attached hydrogens (tertiary/aromatic N) is 2. The summed E-state index contributed by atoms with van der Waals surface area (Å²) in [6.07, 6.45) is 5.54. The van der Waals surface area contributed by atoms with Gasteiger partial charge in [-0.1, -0.05) is 6.42 Å². The second-order valence-electron chi connectivity index (χ2n) is 4.94. The highest BCUT2D eigenvalue weighted by atomic mass is 16.5. The number of hydrogen-bond donors (Lipinski definition) is 1. The summed E-state index contributed by atoms with van der Waals surface area (Å²) >= 11 is 0. The van der Waals surface area contributed by atoms with E-state index in [0.29, 0.717) is 12.4 Å². The Morgan fingerprint density at radius 1 is 1.25 bits per heavy atom. The quantitative estimate of drug-likeness (QED) is 0.490. The molecule has 0 amide bonds. The molecule has 1 fully saturated rings. The van der Waals surface area contributed by atoms with Gasteiger partial charge in [-0.25, -0.2) is 0 Å². The highest BCUT2D eigenvalue weighted by Gasteiger charge is 2.10. The Morgan fingerprint density at radius 3 is 2.75 bits per heavy atom. The molecule has 1 aliphatic rings. The number of rotatable bonds is 6. The van der Waals surface area contributed by atoms with E-state index >= 15 is 0 Å². The van der Waals surface area contributed by atoms with Crippen molar-refractivity contribution in [3.05, 3.63) is 23.8 Å². The maximum Gasteiger partial charge on any atom is 0.161 e. The molecule has 110 valence electrons. The third-order valence-corrected chi connectivity index (χ3v) is 3.53. The number of ether oxygens (including phenoxy) is 2. The van der Waals surface area contributed by atoms with Crippen molar-refractivity contribution in [3.8, 4) is 11.5 Å². The summed E-state index contributed by atoms with van der Waals surface area (Å²) < 4.78 is 11.2. The molecule has 0 radical (unpaired) electrons. The molecular formula is C15H23N3O2. The highest BCUT2D eigenvalue weighted by Crippen LogP contribution is 2.27. The zero-order chi connectivity index (χ0) is 14.2. The summed E-state index contributed by atoms with van der Waals surface area (Å²) in [7, 11) is 1.64. The van der Waals surface area contributed by atoms with Gasteiger partial charge in [0, 0.05) is 6.54 Å². The molecule has 0 unspecified atom stereocenters. The number of hydrogen-bond acceptors (Lipinski definition) is 5. The number of hydrazone groups is 1. The van der Waals surface area contributed by atoms with E-state index in [0.717, 1.165) is 17.9 Å². The molecule has 1 aliphatic heterocycles. The molecule has 0 aromatic heterocycles. The molecule has 20 heavy (non-hydrogen) atoms. The lowest BCUT2D eigenvalue weighted by atomic mass is 10.1. The topological polar surface area (TPSA) is 60.1 Å². The monoisotopic (exact) mass is 277 g/mol. The average Bonchev–Trinajstić information content (AvgIpc) is 2.50. The summed E-state index contributed by atoms with van der Waals surface area (Å²) in [6.45, 7) is 4.02. The van der Waals surface area contributed by atoms with E-state index in [1.54, 1.807) is 13.3 Å². The first-order chi connectivity index (χ1) is 9.83. The minimum Gasteiger partial charge on any atom is -0.493 e. The van der Waals surface area contributed by atoms with E-state index in [1.165, 1.54) is 32.4 Å². The van der Waals surface area contributed by atoms with Gasteiger partial charge in [0.15, 0.2) is 11.5 Å². The zero-order valence-corrected chi connectivity index (χ0v) is 12.0. The van der Waals surface area contributed by atoms with Crippen molar-refractivity contribution in [1.82, 2.24) is 4.90 Å². The van der Waals surface area contributed by atoms with Gasteiger partial charge in [0.1, 0.15) is 6.61 Å². The second kappa shape index (κ2) is 7.75. The number of piperidine rings is 1. The Labute approximate surface area is 120 Å². The maximum absolute atomic E-state index is 5.82. The predicted octanol–water partition coefficient (Wildman–Crippen LogP) is 1.85. The molecule has 5 heteroatoms. The summed E-state index contributed by atoms with van der Waals surface area (Å²) in [5.41, 5.74) is 0.896. The molecule has 1 aromatic carbocycles. The van der Waals surface area contributed by atoms with Crippen LogP contribution in [0.15, 0.2) is 23.3 Å². The fourth-order valence-corrected chi connectivity index (χ4v) is 2.44. The van der Waals surface area contributed by atoms with Crippen LogP contribution in [-0.4, -0.2) is 44.5 Å². The van der Waals surface area contributed by atoms with Gasteiger partial charge < -0.3 is 15.3 Å². The van der Waals surface area contributed by atoms with Crippen LogP contribution in [0.2, 0.25) is 0 Å². The first kappa shape index (κ1) is 14.7. The van der Waals surface area contributed by atoms with Crippen molar-refractivity contribution >= 4 is 6.21 Å². The molecule has 5 nitrogen and oxygen atoms in total. The second-order valence-corrected chi connectivity index (χ2v) is 4.94. The van der Waals surface area contributed by atoms with E-state index < -0.39 is 0 Å². The average molecular weight is 277 g/mol. The number of nitrogens with two attached hydrogens (primary N) is 1. The fourth-order valence-electron chi connectivity index (χ4n) is 2.44. The lowest BCUT2D eigenvalue weighted by Gasteiger charge is -2.26. The van der Waals surface area contributed by atoms with Gasteiger partial charge in [0.25, 0.3) is 0 Å². The SMILES string of the molecule is COc1cc(C=NN)ccc1OCCN1CCCCC1. The van der Waals surface area contributed by atoms with E-state index in [9.17, 15) is 0 Å². The minimum absolute atomic E-state index is 0.681. The fraction of sp³-hybridized carbons (Fsp3) is 0.533. The largest absolute Gasteiger partial charge is 0.493 e. The molecule has 0 bridgehead atoms. The van der Waals surface area contributed by atoms with Crippen molar-refractivity contribution < 1.29 is 9.47 Å².